The predicted molar refractivity (Wildman–Crippen MR) is 80.5 cm³/mol. The van der Waals surface area contributed by atoms with Crippen molar-refractivity contribution in [3.8, 4) is 0 Å². The van der Waals surface area contributed by atoms with Crippen LogP contribution in [-0.4, -0.2) is 33.5 Å². The van der Waals surface area contributed by atoms with E-state index in [9.17, 15) is 15.0 Å². The lowest BCUT2D eigenvalue weighted by atomic mass is 9.65. The van der Waals surface area contributed by atoms with Crippen LogP contribution in [0.25, 0.3) is 0 Å². The smallest absolute Gasteiger partial charge is 0.333 e. The van der Waals surface area contributed by atoms with Gasteiger partial charge in [-0.1, -0.05) is 6.58 Å². The van der Waals surface area contributed by atoms with Crippen LogP contribution >= 0.6 is 0 Å². The summed E-state index contributed by atoms with van der Waals surface area (Å²) in [5.74, 6) is -0.00706. The molecule has 2 fully saturated rings. The summed E-state index contributed by atoms with van der Waals surface area (Å²) < 4.78 is 5.56. The van der Waals surface area contributed by atoms with Crippen LogP contribution in [-0.2, 0) is 9.53 Å². The van der Waals surface area contributed by atoms with Crippen LogP contribution in [0.3, 0.4) is 0 Å². The van der Waals surface area contributed by atoms with E-state index in [4.69, 9.17) is 4.74 Å². The second kappa shape index (κ2) is 5.10. The largest absolute Gasteiger partial charge is 0.459 e. The summed E-state index contributed by atoms with van der Waals surface area (Å²) in [6.45, 7) is 12.5. The number of carbonyl (C=O) groups excluding carboxylic acids is 1. The van der Waals surface area contributed by atoms with E-state index in [-0.39, 0.29) is 35.7 Å². The fourth-order valence-corrected chi connectivity index (χ4v) is 4.65. The van der Waals surface area contributed by atoms with Crippen LogP contribution in [0.5, 0.6) is 0 Å². The lowest BCUT2D eigenvalue weighted by Gasteiger charge is -2.46. The maximum absolute atomic E-state index is 11.8. The molecule has 2 aliphatic rings. The van der Waals surface area contributed by atoms with Gasteiger partial charge in [-0.15, -0.1) is 0 Å². The van der Waals surface area contributed by atoms with E-state index in [1.165, 1.54) is 0 Å². The van der Waals surface area contributed by atoms with E-state index < -0.39 is 11.2 Å². The maximum Gasteiger partial charge on any atom is 0.333 e. The average Bonchev–Trinajstić information content (AvgIpc) is 2.83. The third-order valence-electron chi connectivity index (χ3n) is 5.18. The minimum atomic E-state index is -0.904. The highest BCUT2D eigenvalue weighted by atomic mass is 16.5. The van der Waals surface area contributed by atoms with Gasteiger partial charge in [0, 0.05) is 11.5 Å². The number of aliphatic hydroxyl groups is 2. The number of fused-ring (bicyclic) bond motifs is 2. The van der Waals surface area contributed by atoms with E-state index in [2.05, 4.69) is 6.58 Å². The molecular formula is C17H28O4. The molecule has 0 radical (unpaired) electrons. The molecule has 2 bridgehead atoms. The average molecular weight is 296 g/mol. The first kappa shape index (κ1) is 16.5. The highest BCUT2D eigenvalue weighted by molar-refractivity contribution is 5.87. The molecule has 5 atom stereocenters. The minimum Gasteiger partial charge on any atom is -0.459 e. The van der Waals surface area contributed by atoms with Gasteiger partial charge < -0.3 is 14.9 Å². The SMILES string of the molecule is C=C(C)C(=O)O[C@H]1C[C@H]2C[C@@H]1[C@H](C(C)(C)O)[C@@H]2C(C)(C)O. The molecular weight excluding hydrogens is 268 g/mol. The highest BCUT2D eigenvalue weighted by Gasteiger charge is 2.61. The Morgan fingerprint density at radius 3 is 2.05 bits per heavy atom. The van der Waals surface area contributed by atoms with Crippen LogP contribution in [0.2, 0.25) is 0 Å². The monoisotopic (exact) mass is 296 g/mol. The van der Waals surface area contributed by atoms with Gasteiger partial charge in [0.15, 0.2) is 0 Å². The van der Waals surface area contributed by atoms with Crippen molar-refractivity contribution in [3.63, 3.8) is 0 Å². The molecule has 2 saturated carbocycles. The van der Waals surface area contributed by atoms with Gasteiger partial charge in [-0.05, 0) is 65.2 Å². The molecule has 0 aromatic heterocycles. The number of ether oxygens (including phenoxy) is 1. The molecule has 0 saturated heterocycles. The summed E-state index contributed by atoms with van der Waals surface area (Å²) in [6.07, 6.45) is 1.50. The van der Waals surface area contributed by atoms with E-state index in [1.807, 2.05) is 13.8 Å². The van der Waals surface area contributed by atoms with E-state index in [0.29, 0.717) is 5.57 Å². The van der Waals surface area contributed by atoms with Gasteiger partial charge in [0.1, 0.15) is 6.10 Å². The standard InChI is InChI=1S/C17H28O4/c1-9(2)15(18)21-12-8-10-7-11(12)14(17(5,6)20)13(10)16(3,4)19/h10-14,19-20H,1,7-8H2,2-6H3/t10-,11+,12+,13-,14+/m1/s1. The summed E-state index contributed by atoms with van der Waals surface area (Å²) >= 11 is 0. The van der Waals surface area contributed by atoms with Crippen LogP contribution < -0.4 is 0 Å². The summed E-state index contributed by atoms with van der Waals surface area (Å²) in [4.78, 5) is 11.8. The Balaban J connectivity index is 2.23. The quantitative estimate of drug-likeness (QED) is 0.617. The first-order valence-corrected chi connectivity index (χ1v) is 7.74. The molecule has 0 aromatic carbocycles. The van der Waals surface area contributed by atoms with Crippen molar-refractivity contribution in [2.75, 3.05) is 0 Å². The van der Waals surface area contributed by atoms with Crippen molar-refractivity contribution in [2.45, 2.75) is 64.8 Å². The molecule has 2 N–H and O–H groups in total. The number of rotatable bonds is 4. The number of hydrogen-bond donors (Lipinski definition) is 2. The molecule has 0 spiro atoms. The van der Waals surface area contributed by atoms with Crippen molar-refractivity contribution in [1.29, 1.82) is 0 Å². The Morgan fingerprint density at radius 1 is 1.10 bits per heavy atom. The van der Waals surface area contributed by atoms with E-state index in [0.717, 1.165) is 12.8 Å². The molecule has 0 aliphatic heterocycles. The van der Waals surface area contributed by atoms with Gasteiger partial charge in [-0.25, -0.2) is 4.79 Å². The van der Waals surface area contributed by atoms with Crippen molar-refractivity contribution in [2.24, 2.45) is 23.7 Å². The van der Waals surface area contributed by atoms with Crippen molar-refractivity contribution in [3.05, 3.63) is 12.2 Å². The Labute approximate surface area is 127 Å². The Hall–Kier alpha value is -0.870. The molecule has 2 aliphatic carbocycles. The van der Waals surface area contributed by atoms with Crippen LogP contribution in [0, 0.1) is 23.7 Å². The highest BCUT2D eigenvalue weighted by Crippen LogP contribution is 2.59. The fraction of sp³-hybridized carbons (Fsp3) is 0.824. The molecule has 120 valence electrons. The normalized spacial score (nSPS) is 35.9. The summed E-state index contributed by atoms with van der Waals surface area (Å²) in [7, 11) is 0. The predicted octanol–water partition coefficient (Wildman–Crippen LogP) is 2.29. The van der Waals surface area contributed by atoms with Crippen LogP contribution in [0.15, 0.2) is 12.2 Å². The zero-order valence-electron chi connectivity index (χ0n) is 13.7. The minimum absolute atomic E-state index is 0.0299. The first-order valence-electron chi connectivity index (χ1n) is 7.74. The molecule has 4 heteroatoms. The Kier molecular flexibility index (Phi) is 4.00. The fourth-order valence-electron chi connectivity index (χ4n) is 4.65. The molecule has 0 heterocycles. The molecule has 2 rings (SSSR count). The van der Waals surface area contributed by atoms with Crippen molar-refractivity contribution >= 4 is 5.97 Å². The molecule has 0 amide bonds. The second-order valence-electron chi connectivity index (χ2n) is 7.98. The van der Waals surface area contributed by atoms with E-state index in [1.54, 1.807) is 20.8 Å². The number of hydrogen-bond acceptors (Lipinski definition) is 4. The molecule has 0 aromatic rings. The first-order chi connectivity index (χ1) is 9.43. The van der Waals surface area contributed by atoms with Gasteiger partial charge in [0.05, 0.1) is 11.2 Å². The van der Waals surface area contributed by atoms with Crippen LogP contribution in [0.1, 0.15) is 47.5 Å². The van der Waals surface area contributed by atoms with Gasteiger partial charge in [-0.3, -0.25) is 0 Å². The Bertz CT molecular complexity index is 441. The van der Waals surface area contributed by atoms with Crippen molar-refractivity contribution < 1.29 is 19.7 Å². The maximum atomic E-state index is 11.8. The zero-order valence-corrected chi connectivity index (χ0v) is 13.7. The van der Waals surface area contributed by atoms with Gasteiger partial charge >= 0.3 is 5.97 Å². The number of esters is 1. The Morgan fingerprint density at radius 2 is 1.62 bits per heavy atom. The second-order valence-corrected chi connectivity index (χ2v) is 7.98. The molecule has 0 unspecified atom stereocenters. The lowest BCUT2D eigenvalue weighted by Crippen LogP contribution is -2.51. The van der Waals surface area contributed by atoms with Gasteiger partial charge in [0.25, 0.3) is 0 Å². The van der Waals surface area contributed by atoms with Crippen molar-refractivity contribution in [1.82, 2.24) is 0 Å². The molecule has 4 nitrogen and oxygen atoms in total. The third kappa shape index (κ3) is 3.02. The topological polar surface area (TPSA) is 66.8 Å². The van der Waals surface area contributed by atoms with Gasteiger partial charge in [0.2, 0.25) is 0 Å². The van der Waals surface area contributed by atoms with Gasteiger partial charge in [-0.2, -0.15) is 0 Å². The summed E-state index contributed by atoms with van der Waals surface area (Å²) in [5.41, 5.74) is -1.34. The molecule has 21 heavy (non-hydrogen) atoms. The summed E-state index contributed by atoms with van der Waals surface area (Å²) in [5, 5.41) is 21.1. The number of carbonyl (C=O) groups is 1. The van der Waals surface area contributed by atoms with E-state index >= 15 is 0 Å². The lowest BCUT2D eigenvalue weighted by molar-refractivity contribution is -0.159. The zero-order chi connectivity index (χ0) is 16.2. The third-order valence-corrected chi connectivity index (χ3v) is 5.18. The summed E-state index contributed by atoms with van der Waals surface area (Å²) in [6, 6.07) is 0. The van der Waals surface area contributed by atoms with Crippen LogP contribution in [0.4, 0.5) is 0 Å².